The molecule has 4 heteroatoms. The highest BCUT2D eigenvalue weighted by Crippen LogP contribution is 2.44. The molecule has 0 amide bonds. The van der Waals surface area contributed by atoms with Crippen molar-refractivity contribution in [3.05, 3.63) is 35.5 Å². The Hall–Kier alpha value is -1.68. The first-order valence-corrected chi connectivity index (χ1v) is 6.52. The van der Waals surface area contributed by atoms with Gasteiger partial charge in [-0.3, -0.25) is 4.79 Å². The zero-order valence-corrected chi connectivity index (χ0v) is 12.7. The summed E-state index contributed by atoms with van der Waals surface area (Å²) in [6, 6.07) is 0. The summed E-state index contributed by atoms with van der Waals surface area (Å²) in [6.45, 7) is 7.19. The van der Waals surface area contributed by atoms with E-state index in [1.165, 1.54) is 19.3 Å². The van der Waals surface area contributed by atoms with Crippen molar-refractivity contribution >= 4 is 11.8 Å². The molecule has 1 N–H and O–H groups in total. The Balaban J connectivity index is 3.10. The smallest absolute Gasteiger partial charge is 0.330 e. The van der Waals surface area contributed by atoms with Crippen LogP contribution in [0.5, 0.6) is 0 Å². The minimum atomic E-state index is -1.20. The predicted molar refractivity (Wildman–Crippen MR) is 77.0 cm³/mol. The lowest BCUT2D eigenvalue weighted by Crippen LogP contribution is -2.48. The number of hydrogen-bond acceptors (Lipinski definition) is 4. The summed E-state index contributed by atoms with van der Waals surface area (Å²) in [7, 11) is 1.31. The Labute approximate surface area is 119 Å². The number of carbonyl (C=O) groups excluding carboxylic acids is 2. The monoisotopic (exact) mass is 278 g/mol. The lowest BCUT2D eigenvalue weighted by molar-refractivity contribution is -0.134. The van der Waals surface area contributed by atoms with Gasteiger partial charge in [0.05, 0.1) is 7.11 Å². The zero-order valence-electron chi connectivity index (χ0n) is 12.7. The van der Waals surface area contributed by atoms with Crippen LogP contribution in [-0.2, 0) is 14.3 Å². The molecule has 0 spiro atoms. The molecule has 1 aliphatic carbocycles. The highest BCUT2D eigenvalue weighted by Gasteiger charge is 2.46. The molecule has 0 heterocycles. The quantitative estimate of drug-likeness (QED) is 0.489. The van der Waals surface area contributed by atoms with Gasteiger partial charge in [0.1, 0.15) is 5.60 Å². The van der Waals surface area contributed by atoms with Crippen molar-refractivity contribution in [2.45, 2.75) is 39.7 Å². The minimum Gasteiger partial charge on any atom is -0.466 e. The minimum absolute atomic E-state index is 0.0207. The van der Waals surface area contributed by atoms with Crippen LogP contribution in [0.15, 0.2) is 35.5 Å². The highest BCUT2D eigenvalue weighted by molar-refractivity contribution is 5.92. The summed E-state index contributed by atoms with van der Waals surface area (Å²) >= 11 is 0. The Bertz CT molecular complexity index is 509. The Morgan fingerprint density at radius 2 is 2.05 bits per heavy atom. The van der Waals surface area contributed by atoms with Crippen LogP contribution < -0.4 is 0 Å². The molecule has 0 aromatic rings. The molecule has 1 rings (SSSR count). The number of ketones is 1. The second kappa shape index (κ2) is 5.75. The number of methoxy groups -OCH3 is 1. The van der Waals surface area contributed by atoms with Gasteiger partial charge in [0.15, 0.2) is 5.78 Å². The number of hydrogen-bond donors (Lipinski definition) is 1. The van der Waals surface area contributed by atoms with Crippen molar-refractivity contribution in [2.75, 3.05) is 7.11 Å². The third-order valence-corrected chi connectivity index (χ3v) is 3.76. The van der Waals surface area contributed by atoms with Crippen molar-refractivity contribution < 1.29 is 19.4 Å². The third-order valence-electron chi connectivity index (χ3n) is 3.76. The van der Waals surface area contributed by atoms with Crippen LogP contribution in [0.1, 0.15) is 34.1 Å². The van der Waals surface area contributed by atoms with Crippen LogP contribution in [0, 0.1) is 5.41 Å². The maximum Gasteiger partial charge on any atom is 0.330 e. The summed E-state index contributed by atoms with van der Waals surface area (Å²) in [5.41, 5.74) is -0.511. The Morgan fingerprint density at radius 1 is 1.45 bits per heavy atom. The van der Waals surface area contributed by atoms with Crippen molar-refractivity contribution in [1.82, 2.24) is 0 Å². The van der Waals surface area contributed by atoms with E-state index in [1.807, 2.05) is 13.8 Å². The van der Waals surface area contributed by atoms with Gasteiger partial charge in [-0.15, -0.1) is 0 Å². The maximum atomic E-state index is 11.6. The SMILES string of the molecule is COC(=O)C=C(C)C=C[C@@]1(O)C(C)=CC(=O)CC1(C)C. The fourth-order valence-corrected chi connectivity index (χ4v) is 2.41. The van der Waals surface area contributed by atoms with Gasteiger partial charge in [-0.25, -0.2) is 4.79 Å². The van der Waals surface area contributed by atoms with E-state index in [9.17, 15) is 14.7 Å². The molecule has 1 aliphatic rings. The zero-order chi connectivity index (χ0) is 15.6. The van der Waals surface area contributed by atoms with Gasteiger partial charge >= 0.3 is 5.97 Å². The number of carbonyl (C=O) groups is 2. The van der Waals surface area contributed by atoms with Crippen LogP contribution in [0.4, 0.5) is 0 Å². The van der Waals surface area contributed by atoms with Crippen molar-refractivity contribution in [3.63, 3.8) is 0 Å². The average molecular weight is 278 g/mol. The van der Waals surface area contributed by atoms with E-state index in [-0.39, 0.29) is 12.2 Å². The molecule has 0 aliphatic heterocycles. The Kier molecular flexibility index (Phi) is 4.71. The van der Waals surface area contributed by atoms with E-state index in [0.29, 0.717) is 11.1 Å². The predicted octanol–water partition coefficient (Wildman–Crippen LogP) is 2.34. The number of allylic oxidation sites excluding steroid dienone is 3. The third kappa shape index (κ3) is 3.25. The summed E-state index contributed by atoms with van der Waals surface area (Å²) in [5.74, 6) is -0.420. The van der Waals surface area contributed by atoms with Gasteiger partial charge in [0.25, 0.3) is 0 Å². The van der Waals surface area contributed by atoms with Gasteiger partial charge < -0.3 is 9.84 Å². The van der Waals surface area contributed by atoms with Crippen molar-refractivity contribution in [3.8, 4) is 0 Å². The fraction of sp³-hybridized carbons (Fsp3) is 0.500. The van der Waals surface area contributed by atoms with Gasteiger partial charge in [-0.1, -0.05) is 19.9 Å². The van der Waals surface area contributed by atoms with Crippen LogP contribution in [0.2, 0.25) is 0 Å². The van der Waals surface area contributed by atoms with Gasteiger partial charge in [0.2, 0.25) is 0 Å². The van der Waals surface area contributed by atoms with Crippen molar-refractivity contribution in [1.29, 1.82) is 0 Å². The molecule has 0 fully saturated rings. The first-order valence-electron chi connectivity index (χ1n) is 6.52. The lowest BCUT2D eigenvalue weighted by Gasteiger charge is -2.43. The first kappa shape index (κ1) is 16.4. The summed E-state index contributed by atoms with van der Waals surface area (Å²) < 4.78 is 4.55. The molecule has 0 saturated heterocycles. The van der Waals surface area contributed by atoms with E-state index in [0.717, 1.165) is 0 Å². The second-order valence-electron chi connectivity index (χ2n) is 5.87. The molecule has 20 heavy (non-hydrogen) atoms. The van der Waals surface area contributed by atoms with Crippen LogP contribution in [-0.4, -0.2) is 29.6 Å². The highest BCUT2D eigenvalue weighted by atomic mass is 16.5. The molecular formula is C16H22O4. The summed E-state index contributed by atoms with van der Waals surface area (Å²) in [5, 5.41) is 10.9. The van der Waals surface area contributed by atoms with E-state index in [4.69, 9.17) is 0 Å². The van der Waals surface area contributed by atoms with Crippen LogP contribution >= 0.6 is 0 Å². The number of ether oxygens (including phenoxy) is 1. The molecule has 0 unspecified atom stereocenters. The molecule has 110 valence electrons. The van der Waals surface area contributed by atoms with Crippen molar-refractivity contribution in [2.24, 2.45) is 5.41 Å². The molecule has 1 atom stereocenters. The number of esters is 1. The van der Waals surface area contributed by atoms with Gasteiger partial charge in [0, 0.05) is 17.9 Å². The largest absolute Gasteiger partial charge is 0.466 e. The molecule has 0 aromatic heterocycles. The second-order valence-corrected chi connectivity index (χ2v) is 5.87. The number of aliphatic hydroxyl groups is 1. The maximum absolute atomic E-state index is 11.6. The van der Waals surface area contributed by atoms with Gasteiger partial charge in [-0.05, 0) is 37.1 Å². The Morgan fingerprint density at radius 3 is 2.55 bits per heavy atom. The molecule has 0 radical (unpaired) electrons. The molecule has 0 aromatic carbocycles. The standard InChI is InChI=1S/C16H22O4/c1-11(8-14(18)20-5)6-7-16(19)12(2)9-13(17)10-15(16,3)4/h6-9,19H,10H2,1-5H3/t16-/m1/s1. The normalized spacial score (nSPS) is 26.6. The molecule has 0 saturated carbocycles. The summed E-state index contributed by atoms with van der Waals surface area (Å²) in [6.07, 6.45) is 6.42. The fourth-order valence-electron chi connectivity index (χ4n) is 2.41. The average Bonchev–Trinajstić information content (AvgIpc) is 2.32. The summed E-state index contributed by atoms with van der Waals surface area (Å²) in [4.78, 5) is 22.8. The lowest BCUT2D eigenvalue weighted by atomic mass is 9.64. The molecule has 0 bridgehead atoms. The van der Waals surface area contributed by atoms with Crippen LogP contribution in [0.25, 0.3) is 0 Å². The first-order chi connectivity index (χ1) is 9.12. The van der Waals surface area contributed by atoms with E-state index in [1.54, 1.807) is 26.0 Å². The van der Waals surface area contributed by atoms with Crippen LogP contribution in [0.3, 0.4) is 0 Å². The van der Waals surface area contributed by atoms with E-state index < -0.39 is 17.0 Å². The topological polar surface area (TPSA) is 63.6 Å². The van der Waals surface area contributed by atoms with E-state index in [2.05, 4.69) is 4.74 Å². The van der Waals surface area contributed by atoms with E-state index >= 15 is 0 Å². The molecule has 4 nitrogen and oxygen atoms in total. The van der Waals surface area contributed by atoms with Gasteiger partial charge in [-0.2, -0.15) is 0 Å². The molecular weight excluding hydrogens is 256 g/mol. The number of rotatable bonds is 3.